The number of aromatic nitrogens is 1. The van der Waals surface area contributed by atoms with Gasteiger partial charge in [0.2, 0.25) is 53.2 Å². The SMILES string of the molecule is CC[C@H](C)[C@@H]1NC(=O)CNC(=O)[C@H]2Cc3c([nH]c4cc(OC(=O)NCCCCCCN5C(=O)C=CC5=O)ccc34)S(=O)C[C@@H](NC(=O)CNC1=O)C(=O)N[C@@H](CC(N)=O)C(=O)N1C[C@H](O)C[C@H]1C(=O)N[C@@H]([C@H](C)[C@H](O)CO)C(=O)N2. The fourth-order valence-electron chi connectivity index (χ4n) is 9.49. The van der Waals surface area contributed by atoms with Crippen LogP contribution in [0.5, 0.6) is 5.75 Å². The highest BCUT2D eigenvalue weighted by atomic mass is 32.2. The summed E-state index contributed by atoms with van der Waals surface area (Å²) in [5.74, 6) is -13.1. The third-order valence-electron chi connectivity index (χ3n) is 14.2. The van der Waals surface area contributed by atoms with Crippen molar-refractivity contribution in [2.24, 2.45) is 17.6 Å². The molecule has 1 saturated heterocycles. The third kappa shape index (κ3) is 15.7. The Morgan fingerprint density at radius 2 is 1.50 bits per heavy atom. The maximum atomic E-state index is 15.0. The number of carbonyl (C=O) groups is 12. The standard InChI is InChI=1S/C50H68N12O17S/c1-4-24(2)41-46(74)54-19-37(67)55-33-23-80(78)48-29(28-10-9-27(16-30(28)58-48)79-50(77)52-13-7-5-6-8-14-61-39(69)11-12-40(61)70)17-31(43(71)53-20-38(68)59-41)56-47(75)42(25(3)35(65)22-63)60-45(73)34-15-26(64)21-62(34)49(76)32(18-36(51)66)57-44(33)72/h9-12,16,24-26,31-35,41-42,58,63-65H,4-8,13-15,17-23H2,1-3H3,(H2,51,66)(H,52,77)(H,53,71)(H,54,74)(H,55,67)(H,56,75)(H,57,72)(H,59,68)(H,60,73)/t24-,25+,26+,31+,32-,33+,34-,35+,41-,42-,80?/m0/s1. The number of imide groups is 1. The summed E-state index contributed by atoms with van der Waals surface area (Å²) in [4.78, 5) is 167. The quantitative estimate of drug-likeness (QED) is 0.0586. The maximum Gasteiger partial charge on any atom is 0.412 e. The van der Waals surface area contributed by atoms with Crippen molar-refractivity contribution in [1.29, 1.82) is 0 Å². The van der Waals surface area contributed by atoms with Gasteiger partial charge in [-0.1, -0.05) is 40.0 Å². The number of fused-ring (bicyclic) bond motifs is 5. The molecule has 1 aromatic heterocycles. The molecule has 4 aliphatic heterocycles. The maximum absolute atomic E-state index is 15.0. The minimum absolute atomic E-state index is 0.0205. The van der Waals surface area contributed by atoms with Crippen molar-refractivity contribution in [2.75, 3.05) is 45.1 Å². The van der Waals surface area contributed by atoms with E-state index in [1.165, 1.54) is 37.3 Å². The van der Waals surface area contributed by atoms with Gasteiger partial charge in [0, 0.05) is 62.0 Å². The van der Waals surface area contributed by atoms with Crippen LogP contribution in [-0.2, 0) is 70.0 Å². The zero-order chi connectivity index (χ0) is 58.5. The number of carbonyl (C=O) groups excluding carboxylic acids is 12. The molecule has 12 amide bonds. The van der Waals surface area contributed by atoms with E-state index in [-0.39, 0.29) is 52.1 Å². The Hall–Kier alpha value is -7.83. The molecule has 14 N–H and O–H groups in total. The number of H-pyrrole nitrogens is 1. The zero-order valence-electron chi connectivity index (χ0n) is 44.2. The Morgan fingerprint density at radius 3 is 2.17 bits per heavy atom. The van der Waals surface area contributed by atoms with Gasteiger partial charge in [-0.05, 0) is 36.5 Å². The van der Waals surface area contributed by atoms with Crippen LogP contribution in [0.4, 0.5) is 4.79 Å². The van der Waals surface area contributed by atoms with Crippen molar-refractivity contribution in [1.82, 2.24) is 57.3 Å². The van der Waals surface area contributed by atoms with Gasteiger partial charge in [0.15, 0.2) is 0 Å². The number of rotatable bonds is 15. The van der Waals surface area contributed by atoms with E-state index in [9.17, 15) is 77.1 Å². The summed E-state index contributed by atoms with van der Waals surface area (Å²) in [7, 11) is -2.48. The van der Waals surface area contributed by atoms with E-state index in [0.717, 1.165) is 9.80 Å². The number of nitrogens with one attached hydrogen (secondary N) is 9. The topological polar surface area (TPSA) is 436 Å². The summed E-state index contributed by atoms with van der Waals surface area (Å²) >= 11 is 0. The summed E-state index contributed by atoms with van der Waals surface area (Å²) in [6, 6.07) is -6.16. The molecule has 11 atom stereocenters. The van der Waals surface area contributed by atoms with Crippen molar-refractivity contribution in [3.63, 3.8) is 0 Å². The van der Waals surface area contributed by atoms with Crippen molar-refractivity contribution >= 4 is 92.8 Å². The number of aliphatic hydroxyl groups excluding tert-OH is 3. The third-order valence-corrected chi connectivity index (χ3v) is 15.6. The van der Waals surface area contributed by atoms with E-state index in [4.69, 9.17) is 10.5 Å². The molecule has 29 nitrogen and oxygen atoms in total. The number of unbranched alkanes of at least 4 members (excludes halogenated alkanes) is 3. The van der Waals surface area contributed by atoms with E-state index in [1.807, 2.05) is 0 Å². The summed E-state index contributed by atoms with van der Waals surface area (Å²) in [5, 5.41) is 51.4. The van der Waals surface area contributed by atoms with Crippen LogP contribution in [0.1, 0.15) is 71.3 Å². The highest BCUT2D eigenvalue weighted by Gasteiger charge is 2.45. The molecule has 436 valence electrons. The number of nitrogens with zero attached hydrogens (tertiary/aromatic N) is 2. The number of aliphatic hydroxyl groups is 3. The zero-order valence-corrected chi connectivity index (χ0v) is 45.0. The van der Waals surface area contributed by atoms with E-state index < -0.39 is 182 Å². The Labute approximate surface area is 460 Å². The Bertz CT molecular complexity index is 2790. The van der Waals surface area contributed by atoms with Crippen LogP contribution in [0.2, 0.25) is 0 Å². The van der Waals surface area contributed by atoms with Crippen LogP contribution in [0.3, 0.4) is 0 Å². The molecule has 80 heavy (non-hydrogen) atoms. The molecule has 0 saturated carbocycles. The van der Waals surface area contributed by atoms with Gasteiger partial charge >= 0.3 is 6.09 Å². The molecule has 0 spiro atoms. The van der Waals surface area contributed by atoms with Gasteiger partial charge in [0.05, 0.1) is 60.4 Å². The Balaban J connectivity index is 1.42. The molecule has 2 aromatic rings. The van der Waals surface area contributed by atoms with E-state index in [0.29, 0.717) is 32.1 Å². The largest absolute Gasteiger partial charge is 0.412 e. The number of aromatic amines is 1. The lowest BCUT2D eigenvalue weighted by Gasteiger charge is -2.32. The highest BCUT2D eigenvalue weighted by molar-refractivity contribution is 7.85. The van der Waals surface area contributed by atoms with Crippen LogP contribution in [0.25, 0.3) is 10.9 Å². The summed E-state index contributed by atoms with van der Waals surface area (Å²) in [6.07, 6.45) is -0.745. The molecule has 6 rings (SSSR count). The lowest BCUT2D eigenvalue weighted by Crippen LogP contribution is -2.62. The van der Waals surface area contributed by atoms with Crippen LogP contribution in [0.15, 0.2) is 35.4 Å². The average Bonchev–Trinajstić information content (AvgIpc) is 4.13. The van der Waals surface area contributed by atoms with E-state index in [1.54, 1.807) is 13.8 Å². The minimum Gasteiger partial charge on any atom is -0.410 e. The van der Waals surface area contributed by atoms with Gasteiger partial charge in [0.1, 0.15) is 47.0 Å². The molecule has 30 heteroatoms. The summed E-state index contributed by atoms with van der Waals surface area (Å²) in [5.41, 5.74) is 5.67. The fourth-order valence-corrected chi connectivity index (χ4v) is 10.9. The number of nitrogens with two attached hydrogens (primary N) is 1. The number of primary amides is 1. The van der Waals surface area contributed by atoms with Gasteiger partial charge in [-0.25, -0.2) is 4.79 Å². The first kappa shape index (κ1) is 61.4. The molecule has 0 radical (unpaired) electrons. The van der Waals surface area contributed by atoms with Gasteiger partial charge in [-0.3, -0.25) is 61.8 Å². The lowest BCUT2D eigenvalue weighted by molar-refractivity contribution is -0.144. The second-order valence-corrected chi connectivity index (χ2v) is 21.5. The molecular weight excluding hydrogens is 1070 g/mol. The summed E-state index contributed by atoms with van der Waals surface area (Å²) in [6.45, 7) is 2.01. The summed E-state index contributed by atoms with van der Waals surface area (Å²) < 4.78 is 20.5. The number of amides is 12. The van der Waals surface area contributed by atoms with Crippen LogP contribution < -0.4 is 53.0 Å². The second-order valence-electron chi connectivity index (χ2n) is 20.0. The first-order valence-electron chi connectivity index (χ1n) is 26.1. The molecular formula is C50H68N12O17S. The van der Waals surface area contributed by atoms with E-state index in [2.05, 4.69) is 47.5 Å². The minimum atomic E-state index is -2.48. The molecule has 1 fully saturated rings. The number of ether oxygens (including phenoxy) is 1. The highest BCUT2D eigenvalue weighted by Crippen LogP contribution is 2.31. The predicted octanol–water partition coefficient (Wildman–Crippen LogP) is -5.05. The molecule has 4 aliphatic rings. The first-order valence-corrected chi connectivity index (χ1v) is 27.4. The predicted molar refractivity (Wildman–Crippen MR) is 279 cm³/mol. The molecule has 0 aliphatic carbocycles. The molecule has 1 aromatic carbocycles. The monoisotopic (exact) mass is 1140 g/mol. The Morgan fingerprint density at radius 1 is 0.825 bits per heavy atom. The molecule has 1 unspecified atom stereocenters. The molecule has 5 heterocycles. The van der Waals surface area contributed by atoms with E-state index >= 15 is 0 Å². The Kier molecular flexibility index (Phi) is 21.4. The first-order chi connectivity index (χ1) is 38.0. The van der Waals surface area contributed by atoms with Crippen molar-refractivity contribution in [3.8, 4) is 5.75 Å². The normalized spacial score (nSPS) is 25.9. The number of hydrogen-bond donors (Lipinski definition) is 13. The number of hydrogen-bond acceptors (Lipinski definition) is 17. The van der Waals surface area contributed by atoms with Crippen LogP contribution in [-0.4, -0.2) is 199 Å². The fraction of sp³-hybridized carbons (Fsp3) is 0.560. The smallest absolute Gasteiger partial charge is 0.410 e. The van der Waals surface area contributed by atoms with Crippen molar-refractivity contribution in [2.45, 2.75) is 126 Å². The number of benzene rings is 1. The van der Waals surface area contributed by atoms with Crippen LogP contribution in [0, 0.1) is 11.8 Å². The lowest BCUT2D eigenvalue weighted by atomic mass is 9.93. The van der Waals surface area contributed by atoms with Crippen molar-refractivity contribution in [3.05, 3.63) is 35.9 Å². The average molecular weight is 1140 g/mol. The van der Waals surface area contributed by atoms with Gasteiger partial charge in [-0.2, -0.15) is 0 Å². The second kappa shape index (κ2) is 27.9. The van der Waals surface area contributed by atoms with Gasteiger partial charge in [0.25, 0.3) is 11.8 Å². The van der Waals surface area contributed by atoms with Crippen molar-refractivity contribution < 1.29 is 81.8 Å². The van der Waals surface area contributed by atoms with Crippen LogP contribution >= 0.6 is 0 Å². The van der Waals surface area contributed by atoms with Gasteiger partial charge < -0.3 is 78.2 Å². The molecule has 2 bridgehead atoms. The van der Waals surface area contributed by atoms with Gasteiger partial charge in [-0.15, -0.1) is 0 Å².